The molecule has 1 saturated heterocycles. The molecule has 8 heteroatoms. The third kappa shape index (κ3) is 5.81. The molecule has 0 radical (unpaired) electrons. The molecule has 0 aliphatic carbocycles. The number of benzene rings is 2. The van der Waals surface area contributed by atoms with Crippen molar-refractivity contribution in [1.82, 2.24) is 4.90 Å². The molecule has 0 bridgehead atoms. The van der Waals surface area contributed by atoms with Crippen LogP contribution in [-0.4, -0.2) is 35.6 Å². The van der Waals surface area contributed by atoms with Crippen LogP contribution in [0.1, 0.15) is 60.2 Å². The van der Waals surface area contributed by atoms with Crippen molar-refractivity contribution in [2.75, 3.05) is 18.4 Å². The summed E-state index contributed by atoms with van der Waals surface area (Å²) in [7, 11) is 0. The van der Waals surface area contributed by atoms with E-state index in [1.54, 1.807) is 17.0 Å². The second kappa shape index (κ2) is 8.84. The molecule has 32 heavy (non-hydrogen) atoms. The van der Waals surface area contributed by atoms with Crippen molar-refractivity contribution >= 4 is 17.7 Å². The first-order valence-corrected chi connectivity index (χ1v) is 10.4. The maximum absolute atomic E-state index is 12.9. The zero-order chi connectivity index (χ0) is 23.7. The van der Waals surface area contributed by atoms with Gasteiger partial charge in [-0.25, -0.2) is 4.79 Å². The summed E-state index contributed by atoms with van der Waals surface area (Å²) >= 11 is 0. The summed E-state index contributed by atoms with van der Waals surface area (Å²) in [5.74, 6) is -0.448. The lowest BCUT2D eigenvalue weighted by Gasteiger charge is -2.24. The number of nitrogens with one attached hydrogen (secondary N) is 1. The molecule has 0 spiro atoms. The predicted octanol–water partition coefficient (Wildman–Crippen LogP) is 5.99. The fourth-order valence-corrected chi connectivity index (χ4v) is 3.70. The van der Waals surface area contributed by atoms with Crippen molar-refractivity contribution in [3.8, 4) is 0 Å². The van der Waals surface area contributed by atoms with E-state index in [2.05, 4.69) is 5.32 Å². The predicted molar refractivity (Wildman–Crippen MR) is 116 cm³/mol. The fraction of sp³-hybridized carbons (Fsp3) is 0.417. The minimum atomic E-state index is -4.49. The van der Waals surface area contributed by atoms with E-state index in [1.165, 1.54) is 12.1 Å². The van der Waals surface area contributed by atoms with E-state index in [0.717, 1.165) is 29.7 Å². The smallest absolute Gasteiger partial charge is 0.416 e. The molecular weight excluding hydrogens is 421 g/mol. The van der Waals surface area contributed by atoms with E-state index < -0.39 is 23.2 Å². The van der Waals surface area contributed by atoms with Crippen molar-refractivity contribution in [2.45, 2.75) is 51.8 Å². The van der Waals surface area contributed by atoms with Gasteiger partial charge in [0.15, 0.2) is 0 Å². The molecule has 2 aromatic carbocycles. The van der Waals surface area contributed by atoms with Crippen LogP contribution < -0.4 is 5.32 Å². The number of amides is 2. The molecule has 172 valence electrons. The zero-order valence-corrected chi connectivity index (χ0v) is 18.5. The van der Waals surface area contributed by atoms with Gasteiger partial charge in [-0.15, -0.1) is 0 Å². The van der Waals surface area contributed by atoms with E-state index in [1.807, 2.05) is 33.8 Å². The van der Waals surface area contributed by atoms with Crippen molar-refractivity contribution in [3.05, 3.63) is 64.7 Å². The lowest BCUT2D eigenvalue weighted by Crippen LogP contribution is -2.35. The Hall–Kier alpha value is -3.03. The quantitative estimate of drug-likeness (QED) is 0.627. The van der Waals surface area contributed by atoms with Crippen LogP contribution in [0.15, 0.2) is 42.5 Å². The molecule has 1 atom stereocenters. The van der Waals surface area contributed by atoms with Crippen molar-refractivity contribution in [2.24, 2.45) is 0 Å². The Balaban J connectivity index is 1.74. The standard InChI is InChI=1S/C24H27F3N2O3/c1-15-8-9-16(21(30)28-19-7-5-6-18(13-19)24(25,26)27)12-20(15)17-10-11-29(14-17)22(31)32-23(2,3)4/h5-9,12-13,17H,10-11,14H2,1-4H3,(H,28,30)/t17-/m1/s1. The van der Waals surface area contributed by atoms with Crippen LogP contribution in [0.4, 0.5) is 23.7 Å². The maximum Gasteiger partial charge on any atom is 0.416 e. The summed E-state index contributed by atoms with van der Waals surface area (Å²) in [6, 6.07) is 9.73. The molecule has 1 heterocycles. The second-order valence-electron chi connectivity index (χ2n) is 9.02. The van der Waals surface area contributed by atoms with Crippen molar-refractivity contribution < 1.29 is 27.5 Å². The number of aryl methyl sites for hydroxylation is 1. The Labute approximate surface area is 185 Å². The van der Waals surface area contributed by atoms with E-state index in [9.17, 15) is 22.8 Å². The third-order valence-electron chi connectivity index (χ3n) is 5.27. The van der Waals surface area contributed by atoms with Gasteiger partial charge >= 0.3 is 12.3 Å². The molecule has 1 fully saturated rings. The second-order valence-corrected chi connectivity index (χ2v) is 9.02. The van der Waals surface area contributed by atoms with Gasteiger partial charge in [0.2, 0.25) is 0 Å². The molecule has 2 amide bonds. The van der Waals surface area contributed by atoms with Crippen LogP contribution in [0.25, 0.3) is 0 Å². The molecule has 0 unspecified atom stereocenters. The number of carbonyl (C=O) groups is 2. The number of nitrogens with zero attached hydrogens (tertiary/aromatic N) is 1. The molecule has 2 aromatic rings. The Bertz CT molecular complexity index is 1010. The largest absolute Gasteiger partial charge is 0.444 e. The summed E-state index contributed by atoms with van der Waals surface area (Å²) in [5, 5.41) is 2.54. The van der Waals surface area contributed by atoms with Crippen molar-refractivity contribution in [3.63, 3.8) is 0 Å². The number of hydrogen-bond acceptors (Lipinski definition) is 3. The lowest BCUT2D eigenvalue weighted by atomic mass is 9.92. The highest BCUT2D eigenvalue weighted by Gasteiger charge is 2.32. The number of alkyl halides is 3. The van der Waals surface area contributed by atoms with Crippen LogP contribution in [0.3, 0.4) is 0 Å². The van der Waals surface area contributed by atoms with E-state index in [4.69, 9.17) is 4.74 Å². The first kappa shape index (κ1) is 23.6. The highest BCUT2D eigenvalue weighted by molar-refractivity contribution is 6.04. The van der Waals surface area contributed by atoms with Crippen LogP contribution in [0, 0.1) is 6.92 Å². The average molecular weight is 448 g/mol. The molecule has 3 rings (SSSR count). The number of anilines is 1. The number of hydrogen-bond donors (Lipinski definition) is 1. The summed E-state index contributed by atoms with van der Waals surface area (Å²) in [6.07, 6.45) is -4.12. The minimum Gasteiger partial charge on any atom is -0.444 e. The summed E-state index contributed by atoms with van der Waals surface area (Å²) in [6.45, 7) is 8.41. The van der Waals surface area contributed by atoms with Crippen LogP contribution in [-0.2, 0) is 10.9 Å². The molecule has 0 aromatic heterocycles. The number of halogens is 3. The van der Waals surface area contributed by atoms with Gasteiger partial charge in [-0.3, -0.25) is 4.79 Å². The van der Waals surface area contributed by atoms with Gasteiger partial charge in [0, 0.05) is 30.3 Å². The average Bonchev–Trinajstić information content (AvgIpc) is 3.17. The van der Waals surface area contributed by atoms with Gasteiger partial charge in [0.1, 0.15) is 5.60 Å². The Morgan fingerprint density at radius 1 is 1.09 bits per heavy atom. The molecule has 5 nitrogen and oxygen atoms in total. The van der Waals surface area contributed by atoms with Gasteiger partial charge in [-0.2, -0.15) is 13.2 Å². The molecule has 1 N–H and O–H groups in total. The zero-order valence-electron chi connectivity index (χ0n) is 18.5. The van der Waals surface area contributed by atoms with Gasteiger partial charge < -0.3 is 15.0 Å². The van der Waals surface area contributed by atoms with Crippen LogP contribution in [0.2, 0.25) is 0 Å². The molecular formula is C24H27F3N2O3. The first-order chi connectivity index (χ1) is 14.8. The van der Waals surface area contributed by atoms with Crippen LogP contribution in [0.5, 0.6) is 0 Å². The third-order valence-corrected chi connectivity index (χ3v) is 5.27. The highest BCUT2D eigenvalue weighted by atomic mass is 19.4. The molecule has 1 aliphatic rings. The van der Waals surface area contributed by atoms with Gasteiger partial charge in [0.25, 0.3) is 5.91 Å². The number of likely N-dealkylation sites (tertiary alicyclic amines) is 1. The number of rotatable bonds is 3. The summed E-state index contributed by atoms with van der Waals surface area (Å²) < 4.78 is 44.2. The molecule has 0 saturated carbocycles. The van der Waals surface area contributed by atoms with Gasteiger partial charge in [0.05, 0.1) is 5.56 Å². The monoisotopic (exact) mass is 448 g/mol. The Morgan fingerprint density at radius 2 is 1.81 bits per heavy atom. The Kier molecular flexibility index (Phi) is 6.53. The fourth-order valence-electron chi connectivity index (χ4n) is 3.70. The summed E-state index contributed by atoms with van der Waals surface area (Å²) in [4.78, 5) is 26.7. The van der Waals surface area contributed by atoms with Crippen LogP contribution >= 0.6 is 0 Å². The lowest BCUT2D eigenvalue weighted by molar-refractivity contribution is -0.137. The minimum absolute atomic E-state index is 0.0452. The van der Waals surface area contributed by atoms with E-state index in [0.29, 0.717) is 18.7 Å². The van der Waals surface area contributed by atoms with E-state index in [-0.39, 0.29) is 17.7 Å². The van der Waals surface area contributed by atoms with E-state index >= 15 is 0 Å². The summed E-state index contributed by atoms with van der Waals surface area (Å²) in [5.41, 5.74) is 0.937. The first-order valence-electron chi connectivity index (χ1n) is 10.4. The normalized spacial score (nSPS) is 16.7. The number of ether oxygens (including phenoxy) is 1. The molecule has 1 aliphatic heterocycles. The Morgan fingerprint density at radius 3 is 2.47 bits per heavy atom. The van der Waals surface area contributed by atoms with Crippen molar-refractivity contribution in [1.29, 1.82) is 0 Å². The topological polar surface area (TPSA) is 58.6 Å². The van der Waals surface area contributed by atoms with Gasteiger partial charge in [-0.1, -0.05) is 12.1 Å². The highest BCUT2D eigenvalue weighted by Crippen LogP contribution is 2.32. The SMILES string of the molecule is Cc1ccc(C(=O)Nc2cccc(C(F)(F)F)c2)cc1[C@@H]1CCN(C(=O)OC(C)(C)C)C1. The maximum atomic E-state index is 12.9. The van der Waals surface area contributed by atoms with Gasteiger partial charge in [-0.05, 0) is 75.6 Å². The number of carbonyl (C=O) groups excluding carboxylic acids is 2.